The molecule has 0 atom stereocenters. The van der Waals surface area contributed by atoms with Crippen molar-refractivity contribution in [3.05, 3.63) is 42.1 Å². The molecule has 0 aliphatic carbocycles. The standard InChI is InChI=1S/C14H14N2O3/c1-2-19-13(17)9-15-14(18)12-8-7-10-5-3-4-6-11(10)16-12/h3-8H,2,9H2,1H3,(H,15,18). The Hall–Kier alpha value is -2.43. The molecule has 0 fully saturated rings. The minimum Gasteiger partial charge on any atom is -0.465 e. The Morgan fingerprint density at radius 1 is 1.21 bits per heavy atom. The van der Waals surface area contributed by atoms with E-state index in [9.17, 15) is 9.59 Å². The van der Waals surface area contributed by atoms with Gasteiger partial charge in [0.15, 0.2) is 0 Å². The number of hydrogen-bond donors (Lipinski definition) is 1. The number of para-hydroxylation sites is 1. The number of esters is 1. The van der Waals surface area contributed by atoms with Crippen LogP contribution in [0.4, 0.5) is 0 Å². The third kappa shape index (κ3) is 3.28. The molecule has 19 heavy (non-hydrogen) atoms. The van der Waals surface area contributed by atoms with E-state index >= 15 is 0 Å². The number of rotatable bonds is 4. The van der Waals surface area contributed by atoms with E-state index in [0.29, 0.717) is 6.61 Å². The number of fused-ring (bicyclic) bond motifs is 1. The summed E-state index contributed by atoms with van der Waals surface area (Å²) in [5.74, 6) is -0.851. The van der Waals surface area contributed by atoms with Gasteiger partial charge < -0.3 is 10.1 Å². The number of benzene rings is 1. The number of carbonyl (C=O) groups is 2. The second kappa shape index (κ2) is 5.95. The molecule has 2 aromatic rings. The SMILES string of the molecule is CCOC(=O)CNC(=O)c1ccc2ccccc2n1. The number of nitrogens with zero attached hydrogens (tertiary/aromatic N) is 1. The molecule has 0 unspecified atom stereocenters. The zero-order chi connectivity index (χ0) is 13.7. The Bertz CT molecular complexity index is 610. The van der Waals surface area contributed by atoms with E-state index in [1.807, 2.05) is 30.3 Å². The number of hydrogen-bond acceptors (Lipinski definition) is 4. The van der Waals surface area contributed by atoms with Crippen LogP contribution in [0, 0.1) is 0 Å². The fourth-order valence-electron chi connectivity index (χ4n) is 1.65. The highest BCUT2D eigenvalue weighted by molar-refractivity contribution is 5.96. The summed E-state index contributed by atoms with van der Waals surface area (Å²) in [6.45, 7) is 1.86. The summed E-state index contributed by atoms with van der Waals surface area (Å²) in [5, 5.41) is 3.43. The zero-order valence-electron chi connectivity index (χ0n) is 10.6. The molecule has 1 amide bonds. The molecule has 0 saturated carbocycles. The maximum absolute atomic E-state index is 11.8. The lowest BCUT2D eigenvalue weighted by Crippen LogP contribution is -2.31. The van der Waals surface area contributed by atoms with E-state index in [1.165, 1.54) is 0 Å². The molecular formula is C14H14N2O3. The third-order valence-corrected chi connectivity index (χ3v) is 2.53. The minimum atomic E-state index is -0.461. The van der Waals surface area contributed by atoms with Gasteiger partial charge in [0.2, 0.25) is 0 Å². The maximum atomic E-state index is 11.8. The minimum absolute atomic E-state index is 0.152. The summed E-state index contributed by atoms with van der Waals surface area (Å²) >= 11 is 0. The zero-order valence-corrected chi connectivity index (χ0v) is 10.6. The van der Waals surface area contributed by atoms with E-state index in [2.05, 4.69) is 10.3 Å². The molecule has 1 aromatic heterocycles. The van der Waals surface area contributed by atoms with Gasteiger partial charge in [-0.3, -0.25) is 9.59 Å². The highest BCUT2D eigenvalue weighted by atomic mass is 16.5. The quantitative estimate of drug-likeness (QED) is 0.844. The first-order valence-electron chi connectivity index (χ1n) is 6.00. The number of ether oxygens (including phenoxy) is 1. The summed E-state index contributed by atoms with van der Waals surface area (Å²) in [4.78, 5) is 27.2. The summed E-state index contributed by atoms with van der Waals surface area (Å²) in [6, 6.07) is 11.0. The predicted molar refractivity (Wildman–Crippen MR) is 70.7 cm³/mol. The molecule has 0 saturated heterocycles. The number of nitrogens with one attached hydrogen (secondary N) is 1. The second-order valence-corrected chi connectivity index (χ2v) is 3.88. The van der Waals surface area contributed by atoms with Crippen molar-refractivity contribution in [2.24, 2.45) is 0 Å². The monoisotopic (exact) mass is 258 g/mol. The Morgan fingerprint density at radius 3 is 2.79 bits per heavy atom. The van der Waals surface area contributed by atoms with Crippen molar-refractivity contribution in [1.82, 2.24) is 10.3 Å². The number of carbonyl (C=O) groups excluding carboxylic acids is 2. The molecule has 0 bridgehead atoms. The molecular weight excluding hydrogens is 244 g/mol. The van der Waals surface area contributed by atoms with Crippen LogP contribution in [-0.4, -0.2) is 30.0 Å². The second-order valence-electron chi connectivity index (χ2n) is 3.88. The summed E-state index contributed by atoms with van der Waals surface area (Å²) in [5.41, 5.74) is 1.02. The van der Waals surface area contributed by atoms with E-state index in [1.54, 1.807) is 13.0 Å². The average Bonchev–Trinajstić information content (AvgIpc) is 2.44. The van der Waals surface area contributed by atoms with Crippen LogP contribution in [-0.2, 0) is 9.53 Å². The van der Waals surface area contributed by atoms with Gasteiger partial charge in [0.25, 0.3) is 5.91 Å². The lowest BCUT2D eigenvalue weighted by Gasteiger charge is -2.05. The molecule has 0 radical (unpaired) electrons. The number of amides is 1. The van der Waals surface area contributed by atoms with Crippen LogP contribution in [0.5, 0.6) is 0 Å². The van der Waals surface area contributed by atoms with Gasteiger partial charge in [0, 0.05) is 5.39 Å². The van der Waals surface area contributed by atoms with E-state index in [0.717, 1.165) is 10.9 Å². The van der Waals surface area contributed by atoms with Crippen molar-refractivity contribution in [2.45, 2.75) is 6.92 Å². The van der Waals surface area contributed by atoms with Gasteiger partial charge in [0.1, 0.15) is 12.2 Å². The number of aromatic nitrogens is 1. The molecule has 98 valence electrons. The lowest BCUT2D eigenvalue weighted by atomic mass is 10.2. The molecule has 1 N–H and O–H groups in total. The van der Waals surface area contributed by atoms with Gasteiger partial charge in [-0.15, -0.1) is 0 Å². The van der Waals surface area contributed by atoms with Gasteiger partial charge in [-0.25, -0.2) is 4.98 Å². The Balaban J connectivity index is 2.07. The van der Waals surface area contributed by atoms with Crippen LogP contribution in [0.15, 0.2) is 36.4 Å². The smallest absolute Gasteiger partial charge is 0.325 e. The Kier molecular flexibility index (Phi) is 4.07. The van der Waals surface area contributed by atoms with Crippen LogP contribution in [0.1, 0.15) is 17.4 Å². The van der Waals surface area contributed by atoms with Gasteiger partial charge in [-0.1, -0.05) is 24.3 Å². The summed E-state index contributed by atoms with van der Waals surface area (Å²) < 4.78 is 4.72. The van der Waals surface area contributed by atoms with Crippen LogP contribution in [0.3, 0.4) is 0 Å². The van der Waals surface area contributed by atoms with Crippen LogP contribution in [0.2, 0.25) is 0 Å². The first kappa shape index (κ1) is 13.0. The lowest BCUT2D eigenvalue weighted by molar-refractivity contribution is -0.141. The van der Waals surface area contributed by atoms with Crippen molar-refractivity contribution in [3.63, 3.8) is 0 Å². The van der Waals surface area contributed by atoms with Gasteiger partial charge in [0.05, 0.1) is 12.1 Å². The molecule has 0 spiro atoms. The topological polar surface area (TPSA) is 68.3 Å². The van der Waals surface area contributed by atoms with Crippen molar-refractivity contribution < 1.29 is 14.3 Å². The molecule has 1 heterocycles. The van der Waals surface area contributed by atoms with Crippen LogP contribution in [0.25, 0.3) is 10.9 Å². The number of pyridine rings is 1. The van der Waals surface area contributed by atoms with E-state index in [4.69, 9.17) is 4.74 Å². The third-order valence-electron chi connectivity index (χ3n) is 2.53. The largest absolute Gasteiger partial charge is 0.465 e. The highest BCUT2D eigenvalue weighted by Gasteiger charge is 2.10. The van der Waals surface area contributed by atoms with Crippen LogP contribution < -0.4 is 5.32 Å². The molecule has 1 aromatic carbocycles. The van der Waals surface area contributed by atoms with Crippen molar-refractivity contribution >= 4 is 22.8 Å². The predicted octanol–water partition coefficient (Wildman–Crippen LogP) is 1.53. The molecule has 5 heteroatoms. The first-order valence-corrected chi connectivity index (χ1v) is 6.00. The van der Waals surface area contributed by atoms with Gasteiger partial charge >= 0.3 is 5.97 Å². The van der Waals surface area contributed by atoms with Crippen molar-refractivity contribution in [3.8, 4) is 0 Å². The highest BCUT2D eigenvalue weighted by Crippen LogP contribution is 2.11. The van der Waals surface area contributed by atoms with Crippen molar-refractivity contribution in [2.75, 3.05) is 13.2 Å². The summed E-state index contributed by atoms with van der Waals surface area (Å²) in [6.07, 6.45) is 0. The molecule has 0 aliphatic heterocycles. The summed E-state index contributed by atoms with van der Waals surface area (Å²) in [7, 11) is 0. The Labute approximate surface area is 110 Å². The first-order chi connectivity index (χ1) is 9.20. The van der Waals surface area contributed by atoms with Crippen molar-refractivity contribution in [1.29, 1.82) is 0 Å². The normalized spacial score (nSPS) is 10.2. The Morgan fingerprint density at radius 2 is 2.00 bits per heavy atom. The molecule has 0 aliphatic rings. The molecule has 5 nitrogen and oxygen atoms in total. The fourth-order valence-corrected chi connectivity index (χ4v) is 1.65. The van der Waals surface area contributed by atoms with Crippen LogP contribution >= 0.6 is 0 Å². The fraction of sp³-hybridized carbons (Fsp3) is 0.214. The van der Waals surface area contributed by atoms with E-state index in [-0.39, 0.29) is 18.1 Å². The van der Waals surface area contributed by atoms with Gasteiger partial charge in [-0.2, -0.15) is 0 Å². The molecule has 2 rings (SSSR count). The average molecular weight is 258 g/mol. The van der Waals surface area contributed by atoms with Gasteiger partial charge in [-0.05, 0) is 19.1 Å². The maximum Gasteiger partial charge on any atom is 0.325 e. The van der Waals surface area contributed by atoms with E-state index < -0.39 is 5.97 Å².